The van der Waals surface area contributed by atoms with Crippen LogP contribution >= 0.6 is 0 Å². The van der Waals surface area contributed by atoms with Gasteiger partial charge in [0.2, 0.25) is 6.41 Å². The van der Waals surface area contributed by atoms with Gasteiger partial charge < -0.3 is 20.4 Å². The maximum atomic E-state index is 11.8. The van der Waals surface area contributed by atoms with E-state index in [0.717, 1.165) is 60.5 Å². The summed E-state index contributed by atoms with van der Waals surface area (Å²) in [5.74, 6) is 1.44. The molecule has 0 aliphatic heterocycles. The highest BCUT2D eigenvalue weighted by atomic mass is 19.3. The lowest BCUT2D eigenvalue weighted by Crippen LogP contribution is -2.03. The third-order valence-corrected chi connectivity index (χ3v) is 5.76. The topological polar surface area (TPSA) is 113 Å². The minimum Gasteiger partial charge on any atom is -0.496 e. The Kier molecular flexibility index (Phi) is 6.71. The number of hydrogen-bond donors (Lipinski definition) is 2. The molecule has 0 saturated heterocycles. The number of hydrogen-bond acceptors (Lipinski definition) is 6. The van der Waals surface area contributed by atoms with E-state index in [0.29, 0.717) is 16.9 Å². The lowest BCUT2D eigenvalue weighted by atomic mass is 10.1. The van der Waals surface area contributed by atoms with Gasteiger partial charge in [0.1, 0.15) is 17.6 Å². The number of halogens is 2. The van der Waals surface area contributed by atoms with Gasteiger partial charge in [0.15, 0.2) is 5.82 Å². The van der Waals surface area contributed by atoms with Gasteiger partial charge in [0.25, 0.3) is 0 Å². The van der Waals surface area contributed by atoms with Gasteiger partial charge in [-0.25, -0.2) is 14.6 Å². The second-order valence-electron chi connectivity index (χ2n) is 7.67. The van der Waals surface area contributed by atoms with E-state index in [9.17, 15) is 13.6 Å². The van der Waals surface area contributed by atoms with Gasteiger partial charge >= 0.3 is 6.55 Å². The highest BCUT2D eigenvalue weighted by Gasteiger charge is 2.25. The number of nitrogens with zero attached hydrogens (tertiary/aromatic N) is 5. The Bertz CT molecular complexity index is 1320. The Morgan fingerprint density at radius 1 is 1.29 bits per heavy atom. The minimum atomic E-state index is -2.67. The van der Waals surface area contributed by atoms with E-state index >= 15 is 0 Å². The standard InChI is InChI=1S/C18H20N4O.C5H5F2N3O/c1-3-11-7-8-12(9-15(11)23-2)22-14-6-4-5-13(14)16-17(22)18(19)21-10-20-16;6-5(7)10-2-4(1-9-10)8-3-11/h7-10H,3-6H2,1-2H3,(H2,19,20,21);1-3,5H,(H,8,11). The largest absolute Gasteiger partial charge is 0.496 e. The fourth-order valence-corrected chi connectivity index (χ4v) is 4.23. The molecule has 0 unspecified atom stereocenters. The third kappa shape index (κ3) is 4.28. The molecule has 3 heterocycles. The normalized spacial score (nSPS) is 12.4. The third-order valence-electron chi connectivity index (χ3n) is 5.76. The van der Waals surface area contributed by atoms with Gasteiger partial charge in [-0.15, -0.1) is 0 Å². The van der Waals surface area contributed by atoms with Crippen molar-refractivity contribution in [1.82, 2.24) is 24.3 Å². The number of nitrogens with one attached hydrogen (secondary N) is 1. The summed E-state index contributed by atoms with van der Waals surface area (Å²) in [4.78, 5) is 18.5. The Morgan fingerprint density at radius 2 is 2.12 bits per heavy atom. The number of nitrogen functional groups attached to an aromatic ring is 1. The molecule has 1 amide bonds. The van der Waals surface area contributed by atoms with Gasteiger partial charge in [0, 0.05) is 17.4 Å². The first-order valence-electron chi connectivity index (χ1n) is 10.8. The van der Waals surface area contributed by atoms with Crippen molar-refractivity contribution >= 4 is 28.9 Å². The van der Waals surface area contributed by atoms with Gasteiger partial charge in [-0.1, -0.05) is 13.0 Å². The lowest BCUT2D eigenvalue weighted by Gasteiger charge is -2.14. The number of amides is 1. The average molecular weight is 469 g/mol. The van der Waals surface area contributed by atoms with E-state index < -0.39 is 6.55 Å². The molecule has 4 aromatic rings. The number of carbonyl (C=O) groups excluding carboxylic acids is 1. The molecule has 0 fully saturated rings. The van der Waals surface area contributed by atoms with Crippen molar-refractivity contribution in [3.63, 3.8) is 0 Å². The van der Waals surface area contributed by atoms with E-state index in [4.69, 9.17) is 10.5 Å². The molecule has 1 aliphatic carbocycles. The van der Waals surface area contributed by atoms with Crippen molar-refractivity contribution in [3.8, 4) is 11.4 Å². The molecule has 9 nitrogen and oxygen atoms in total. The molecule has 3 N–H and O–H groups in total. The molecule has 1 aromatic carbocycles. The van der Waals surface area contributed by atoms with Crippen molar-refractivity contribution < 1.29 is 18.3 Å². The number of fused-ring (bicyclic) bond motifs is 3. The number of benzene rings is 1. The smallest absolute Gasteiger partial charge is 0.333 e. The van der Waals surface area contributed by atoms with Gasteiger partial charge in [-0.3, -0.25) is 4.79 Å². The van der Waals surface area contributed by atoms with E-state index in [2.05, 4.69) is 50.1 Å². The van der Waals surface area contributed by atoms with Crippen LogP contribution in [0.3, 0.4) is 0 Å². The zero-order valence-corrected chi connectivity index (χ0v) is 18.8. The highest BCUT2D eigenvalue weighted by Crippen LogP contribution is 2.37. The zero-order chi connectivity index (χ0) is 24.2. The van der Waals surface area contributed by atoms with Gasteiger partial charge in [-0.05, 0) is 42.9 Å². The molecule has 1 aliphatic rings. The van der Waals surface area contributed by atoms with E-state index in [1.807, 2.05) is 0 Å². The van der Waals surface area contributed by atoms with Crippen LogP contribution < -0.4 is 15.8 Å². The van der Waals surface area contributed by atoms with Crippen molar-refractivity contribution in [2.24, 2.45) is 0 Å². The number of carbonyl (C=O) groups is 1. The summed E-state index contributed by atoms with van der Waals surface area (Å²) in [6.07, 6.45) is 8.34. The summed E-state index contributed by atoms with van der Waals surface area (Å²) in [6, 6.07) is 6.34. The van der Waals surface area contributed by atoms with E-state index in [1.165, 1.54) is 16.8 Å². The molecular formula is C23H25F2N7O2. The summed E-state index contributed by atoms with van der Waals surface area (Å²) in [6.45, 7) is -0.538. The second kappa shape index (κ2) is 9.86. The first kappa shape index (κ1) is 23.1. The maximum Gasteiger partial charge on any atom is 0.333 e. The first-order chi connectivity index (χ1) is 16.5. The van der Waals surface area contributed by atoms with Crippen molar-refractivity contribution in [3.05, 3.63) is 53.7 Å². The molecule has 178 valence electrons. The van der Waals surface area contributed by atoms with Crippen LogP contribution in [-0.4, -0.2) is 37.8 Å². The molecule has 0 radical (unpaired) electrons. The van der Waals surface area contributed by atoms with Crippen LogP contribution in [0.1, 0.15) is 36.7 Å². The summed E-state index contributed by atoms with van der Waals surface area (Å²) >= 11 is 0. The quantitative estimate of drug-likeness (QED) is 0.414. The minimum absolute atomic E-state index is 0.250. The van der Waals surface area contributed by atoms with E-state index in [1.54, 1.807) is 13.4 Å². The van der Waals surface area contributed by atoms with E-state index in [-0.39, 0.29) is 5.69 Å². The fourth-order valence-electron chi connectivity index (χ4n) is 4.23. The molecule has 0 saturated carbocycles. The van der Waals surface area contributed by atoms with Crippen LogP contribution in [-0.2, 0) is 24.1 Å². The molecule has 0 spiro atoms. The number of methoxy groups -OCH3 is 1. The van der Waals surface area contributed by atoms with Gasteiger partial charge in [0.05, 0.1) is 30.7 Å². The Morgan fingerprint density at radius 3 is 2.79 bits per heavy atom. The number of nitrogens with two attached hydrogens (primary N) is 1. The SMILES string of the molecule is CCc1ccc(-n2c3c(c4ncnc(N)c42)CCC3)cc1OC.O=CNc1cnn(C(F)F)c1. The molecule has 3 aromatic heterocycles. The van der Waals surface area contributed by atoms with Crippen LogP contribution in [0.5, 0.6) is 5.75 Å². The van der Waals surface area contributed by atoms with Crippen LogP contribution in [0.4, 0.5) is 20.3 Å². The number of alkyl halides is 2. The molecule has 5 rings (SSSR count). The summed E-state index contributed by atoms with van der Waals surface area (Å²) in [7, 11) is 1.72. The second-order valence-corrected chi connectivity index (χ2v) is 7.67. The number of aryl methyl sites for hydroxylation is 2. The Labute approximate surface area is 194 Å². The highest BCUT2D eigenvalue weighted by molar-refractivity contribution is 5.91. The maximum absolute atomic E-state index is 11.8. The Balaban J connectivity index is 0.000000210. The van der Waals surface area contributed by atoms with Crippen LogP contribution in [0, 0.1) is 0 Å². The predicted molar refractivity (Wildman–Crippen MR) is 124 cm³/mol. The molecule has 0 bridgehead atoms. The summed E-state index contributed by atoms with van der Waals surface area (Å²) < 4.78 is 31.8. The number of ether oxygens (including phenoxy) is 1. The Hall–Kier alpha value is -4.02. The number of aromatic nitrogens is 5. The van der Waals surface area contributed by atoms with Crippen LogP contribution in [0.2, 0.25) is 0 Å². The molecular weight excluding hydrogens is 444 g/mol. The van der Waals surface area contributed by atoms with Crippen LogP contribution in [0.15, 0.2) is 36.9 Å². The summed E-state index contributed by atoms with van der Waals surface area (Å²) in [5, 5.41) is 5.47. The van der Waals surface area contributed by atoms with Gasteiger partial charge in [-0.2, -0.15) is 13.9 Å². The zero-order valence-electron chi connectivity index (χ0n) is 18.8. The van der Waals surface area contributed by atoms with Crippen LogP contribution in [0.25, 0.3) is 16.7 Å². The fraction of sp³-hybridized carbons (Fsp3) is 0.304. The molecule has 0 atom stereocenters. The molecule has 11 heteroatoms. The van der Waals surface area contributed by atoms with Crippen molar-refractivity contribution in [2.75, 3.05) is 18.2 Å². The van der Waals surface area contributed by atoms with Crippen molar-refractivity contribution in [2.45, 2.75) is 39.2 Å². The average Bonchev–Trinajstić information content (AvgIpc) is 3.56. The summed E-state index contributed by atoms with van der Waals surface area (Å²) in [5.41, 5.74) is 13.2. The molecule has 34 heavy (non-hydrogen) atoms. The number of rotatable bonds is 6. The monoisotopic (exact) mass is 469 g/mol. The van der Waals surface area contributed by atoms with Crippen molar-refractivity contribution in [1.29, 1.82) is 0 Å². The predicted octanol–water partition coefficient (Wildman–Crippen LogP) is 3.91. The number of anilines is 2. The first-order valence-corrected chi connectivity index (χ1v) is 10.8. The lowest BCUT2D eigenvalue weighted by molar-refractivity contribution is -0.105.